The third-order valence-corrected chi connectivity index (χ3v) is 5.74. The van der Waals surface area contributed by atoms with Crippen LogP contribution in [0.1, 0.15) is 23.1 Å². The molecule has 2 heterocycles. The second-order valence-corrected chi connectivity index (χ2v) is 7.68. The van der Waals surface area contributed by atoms with E-state index in [0.717, 1.165) is 51.5 Å². The zero-order valence-corrected chi connectivity index (χ0v) is 20.0. The zero-order chi connectivity index (χ0) is 19.9. The molecule has 30 heavy (non-hydrogen) atoms. The topological polar surface area (TPSA) is 55.5 Å². The summed E-state index contributed by atoms with van der Waals surface area (Å²) in [5.74, 6) is 0.883. The lowest BCUT2D eigenvalue weighted by Crippen LogP contribution is -2.40. The predicted molar refractivity (Wildman–Crippen MR) is 137 cm³/mol. The van der Waals surface area contributed by atoms with E-state index in [-0.39, 0.29) is 24.0 Å². The highest BCUT2D eigenvalue weighted by Crippen LogP contribution is 2.19. The van der Waals surface area contributed by atoms with Gasteiger partial charge in [0.1, 0.15) is 0 Å². The fourth-order valence-electron chi connectivity index (χ4n) is 4.13. The highest BCUT2D eigenvalue weighted by Gasteiger charge is 2.14. The van der Waals surface area contributed by atoms with Crippen LogP contribution in [-0.2, 0) is 19.4 Å². The number of hydrogen-bond acceptors (Lipinski definition) is 2. The van der Waals surface area contributed by atoms with Gasteiger partial charge in [-0.15, -0.1) is 24.0 Å². The van der Waals surface area contributed by atoms with Gasteiger partial charge in [-0.2, -0.15) is 0 Å². The summed E-state index contributed by atoms with van der Waals surface area (Å²) in [6.45, 7) is 5.16. The van der Waals surface area contributed by atoms with Crippen LogP contribution < -0.4 is 10.6 Å². The van der Waals surface area contributed by atoms with Crippen LogP contribution in [0.4, 0.5) is 0 Å². The van der Waals surface area contributed by atoms with E-state index in [0.29, 0.717) is 0 Å². The Bertz CT molecular complexity index is 965. The first kappa shape index (κ1) is 22.6. The zero-order valence-electron chi connectivity index (χ0n) is 17.7. The molecule has 5 nitrogen and oxygen atoms in total. The summed E-state index contributed by atoms with van der Waals surface area (Å²) in [5, 5.41) is 8.19. The van der Waals surface area contributed by atoms with Crippen LogP contribution >= 0.6 is 24.0 Å². The van der Waals surface area contributed by atoms with Crippen molar-refractivity contribution in [2.45, 2.75) is 25.8 Å². The molecule has 0 aliphatic carbocycles. The Morgan fingerprint density at radius 1 is 1.03 bits per heavy atom. The molecule has 1 aromatic heterocycles. The Morgan fingerprint density at radius 2 is 1.80 bits per heavy atom. The van der Waals surface area contributed by atoms with Gasteiger partial charge in [-0.05, 0) is 42.0 Å². The average molecular weight is 517 g/mol. The van der Waals surface area contributed by atoms with E-state index in [1.807, 2.05) is 7.05 Å². The van der Waals surface area contributed by atoms with Gasteiger partial charge in [-0.3, -0.25) is 9.89 Å². The summed E-state index contributed by atoms with van der Waals surface area (Å²) >= 11 is 0. The standard InChI is InChI=1S/C24H31N5.HI/c1-25-24(27-14-11-20-17-28-23-10-5-4-9-22(20)23)26-13-6-15-29-16-12-19-7-2-3-8-21(19)18-29;/h2-5,7-10,17,28H,6,11-16,18H2,1H3,(H2,25,26,27);1H. The van der Waals surface area contributed by atoms with Crippen molar-refractivity contribution in [3.63, 3.8) is 0 Å². The fraction of sp³-hybridized carbons (Fsp3) is 0.375. The Labute approximate surface area is 196 Å². The number of rotatable bonds is 7. The largest absolute Gasteiger partial charge is 0.361 e. The average Bonchev–Trinajstić information content (AvgIpc) is 3.18. The van der Waals surface area contributed by atoms with Crippen LogP contribution in [-0.4, -0.2) is 49.1 Å². The maximum absolute atomic E-state index is 4.36. The van der Waals surface area contributed by atoms with Gasteiger partial charge >= 0.3 is 0 Å². The van der Waals surface area contributed by atoms with Crippen molar-refractivity contribution in [1.29, 1.82) is 0 Å². The van der Waals surface area contributed by atoms with Crippen LogP contribution in [0.3, 0.4) is 0 Å². The first-order valence-electron chi connectivity index (χ1n) is 10.6. The molecule has 160 valence electrons. The number of aliphatic imine (C=N–C) groups is 1. The molecule has 0 radical (unpaired) electrons. The van der Waals surface area contributed by atoms with Gasteiger partial charge in [0.2, 0.25) is 0 Å². The lowest BCUT2D eigenvalue weighted by Gasteiger charge is -2.28. The number of guanidine groups is 1. The van der Waals surface area contributed by atoms with E-state index in [4.69, 9.17) is 0 Å². The van der Waals surface area contributed by atoms with E-state index < -0.39 is 0 Å². The minimum atomic E-state index is 0. The molecule has 3 N–H and O–H groups in total. The Kier molecular flexibility index (Phi) is 8.57. The second kappa shape index (κ2) is 11.4. The molecular weight excluding hydrogens is 485 g/mol. The molecule has 6 heteroatoms. The van der Waals surface area contributed by atoms with E-state index >= 15 is 0 Å². The highest BCUT2D eigenvalue weighted by atomic mass is 127. The van der Waals surface area contributed by atoms with Crippen LogP contribution in [0.2, 0.25) is 0 Å². The number of benzene rings is 2. The molecule has 1 aliphatic rings. The van der Waals surface area contributed by atoms with Gasteiger partial charge in [0.05, 0.1) is 0 Å². The van der Waals surface area contributed by atoms with Gasteiger partial charge in [-0.25, -0.2) is 0 Å². The van der Waals surface area contributed by atoms with Crippen molar-refractivity contribution in [2.24, 2.45) is 4.99 Å². The molecule has 2 aromatic carbocycles. The Balaban J connectivity index is 0.00000256. The van der Waals surface area contributed by atoms with Crippen LogP contribution in [0, 0.1) is 0 Å². The van der Waals surface area contributed by atoms with E-state index in [9.17, 15) is 0 Å². The fourth-order valence-corrected chi connectivity index (χ4v) is 4.13. The van der Waals surface area contributed by atoms with Crippen molar-refractivity contribution >= 4 is 40.8 Å². The minimum absolute atomic E-state index is 0. The van der Waals surface area contributed by atoms with Crippen LogP contribution in [0.15, 0.2) is 59.7 Å². The van der Waals surface area contributed by atoms with E-state index in [2.05, 4.69) is 80.2 Å². The summed E-state index contributed by atoms with van der Waals surface area (Å²) in [5.41, 5.74) is 5.54. The molecule has 0 atom stereocenters. The van der Waals surface area contributed by atoms with Gasteiger partial charge in [0.25, 0.3) is 0 Å². The molecule has 0 saturated heterocycles. The SMILES string of the molecule is CN=C(NCCCN1CCc2ccccc2C1)NCCc1c[nH]c2ccccc12.I. The first-order chi connectivity index (χ1) is 14.3. The number of halogens is 1. The van der Waals surface area contributed by atoms with Gasteiger partial charge in [0, 0.05) is 56.9 Å². The number of fused-ring (bicyclic) bond motifs is 2. The molecule has 0 fully saturated rings. The molecule has 0 amide bonds. The van der Waals surface area contributed by atoms with E-state index in [1.165, 1.54) is 34.0 Å². The Morgan fingerprint density at radius 3 is 2.67 bits per heavy atom. The lowest BCUT2D eigenvalue weighted by atomic mass is 10.00. The quantitative estimate of drug-likeness (QED) is 0.193. The molecule has 0 saturated carbocycles. The third kappa shape index (κ3) is 5.76. The number of para-hydroxylation sites is 1. The monoisotopic (exact) mass is 517 g/mol. The Hall–Kier alpha value is -2.06. The number of aromatic amines is 1. The molecular formula is C24H32IN5. The molecule has 0 spiro atoms. The molecule has 1 aliphatic heterocycles. The van der Waals surface area contributed by atoms with Crippen LogP contribution in [0.5, 0.6) is 0 Å². The molecule has 0 bridgehead atoms. The summed E-state index contributed by atoms with van der Waals surface area (Å²) in [6.07, 6.45) is 5.36. The smallest absolute Gasteiger partial charge is 0.190 e. The summed E-state index contributed by atoms with van der Waals surface area (Å²) in [7, 11) is 1.84. The van der Waals surface area contributed by atoms with Crippen LogP contribution in [0.25, 0.3) is 10.9 Å². The molecule has 3 aromatic rings. The van der Waals surface area contributed by atoms with E-state index in [1.54, 1.807) is 0 Å². The first-order valence-corrected chi connectivity index (χ1v) is 10.6. The predicted octanol–water partition coefficient (Wildman–Crippen LogP) is 3.94. The van der Waals surface area contributed by atoms with Crippen molar-refractivity contribution in [2.75, 3.05) is 33.2 Å². The summed E-state index contributed by atoms with van der Waals surface area (Å²) in [4.78, 5) is 10.3. The summed E-state index contributed by atoms with van der Waals surface area (Å²) < 4.78 is 0. The van der Waals surface area contributed by atoms with Gasteiger partial charge in [-0.1, -0.05) is 42.5 Å². The van der Waals surface area contributed by atoms with Crippen molar-refractivity contribution < 1.29 is 0 Å². The number of nitrogens with one attached hydrogen (secondary N) is 3. The number of aromatic nitrogens is 1. The maximum Gasteiger partial charge on any atom is 0.190 e. The molecule has 4 rings (SSSR count). The number of H-pyrrole nitrogens is 1. The lowest BCUT2D eigenvalue weighted by molar-refractivity contribution is 0.251. The molecule has 0 unspecified atom stereocenters. The maximum atomic E-state index is 4.36. The third-order valence-electron chi connectivity index (χ3n) is 5.74. The number of nitrogens with zero attached hydrogens (tertiary/aromatic N) is 2. The second-order valence-electron chi connectivity index (χ2n) is 7.68. The minimum Gasteiger partial charge on any atom is -0.361 e. The van der Waals surface area contributed by atoms with Crippen molar-refractivity contribution in [3.05, 3.63) is 71.4 Å². The number of hydrogen-bond donors (Lipinski definition) is 3. The van der Waals surface area contributed by atoms with Gasteiger partial charge in [0.15, 0.2) is 5.96 Å². The normalized spacial score (nSPS) is 14.2. The highest BCUT2D eigenvalue weighted by molar-refractivity contribution is 14.0. The van der Waals surface area contributed by atoms with Crippen molar-refractivity contribution in [3.8, 4) is 0 Å². The van der Waals surface area contributed by atoms with Gasteiger partial charge < -0.3 is 15.6 Å². The summed E-state index contributed by atoms with van der Waals surface area (Å²) in [6, 6.07) is 17.3. The van der Waals surface area contributed by atoms with Crippen molar-refractivity contribution in [1.82, 2.24) is 20.5 Å².